The van der Waals surface area contributed by atoms with Crippen LogP contribution in [0.3, 0.4) is 0 Å². The van der Waals surface area contributed by atoms with Crippen LogP contribution in [0.15, 0.2) is 24.3 Å². The number of fused-ring (bicyclic) bond motifs is 1. The summed E-state index contributed by atoms with van der Waals surface area (Å²) in [4.78, 5) is 39.4. The summed E-state index contributed by atoms with van der Waals surface area (Å²) in [5.41, 5.74) is 0.276. The predicted octanol–water partition coefficient (Wildman–Crippen LogP) is 3.36. The van der Waals surface area contributed by atoms with Crippen LogP contribution in [0.1, 0.15) is 67.7 Å². The Hall–Kier alpha value is -2.37. The van der Waals surface area contributed by atoms with Crippen molar-refractivity contribution >= 4 is 17.9 Å². The van der Waals surface area contributed by atoms with Crippen molar-refractivity contribution in [1.29, 1.82) is 0 Å². The van der Waals surface area contributed by atoms with Gasteiger partial charge in [0.25, 0.3) is 11.8 Å². The molecule has 0 unspecified atom stereocenters. The third-order valence-electron chi connectivity index (χ3n) is 4.78. The van der Waals surface area contributed by atoms with Crippen LogP contribution in [-0.4, -0.2) is 40.5 Å². The van der Waals surface area contributed by atoms with Crippen LogP contribution in [0, 0.1) is 5.92 Å². The lowest BCUT2D eigenvalue weighted by molar-refractivity contribution is 0.0389. The number of nitrogens with zero attached hydrogens (tertiary/aromatic N) is 1. The van der Waals surface area contributed by atoms with Gasteiger partial charge in [0.1, 0.15) is 5.60 Å². The van der Waals surface area contributed by atoms with Crippen molar-refractivity contribution in [2.45, 2.75) is 64.6 Å². The van der Waals surface area contributed by atoms with E-state index in [0.29, 0.717) is 17.5 Å². The van der Waals surface area contributed by atoms with E-state index in [1.807, 2.05) is 6.92 Å². The number of rotatable bonds is 5. The molecule has 1 aliphatic heterocycles. The molecule has 3 rings (SSSR count). The molecule has 1 saturated carbocycles. The molecule has 0 aromatic heterocycles. The number of carbonyl (C=O) groups excluding carboxylic acids is 3. The normalized spacial score (nSPS) is 19.2. The maximum Gasteiger partial charge on any atom is 0.407 e. The SMILES string of the molecule is CC[C@H](NC(=O)OC(C)(C)C)[C@@H](C1CC1)N1C(=O)c2ccccc2C1=O. The third-order valence-corrected chi connectivity index (χ3v) is 4.78. The van der Waals surface area contributed by atoms with E-state index in [1.54, 1.807) is 45.0 Å². The van der Waals surface area contributed by atoms with Crippen LogP contribution in [0.4, 0.5) is 4.79 Å². The highest BCUT2D eigenvalue weighted by atomic mass is 16.6. The van der Waals surface area contributed by atoms with Gasteiger partial charge in [0.15, 0.2) is 0 Å². The summed E-state index contributed by atoms with van der Waals surface area (Å²) >= 11 is 0. The van der Waals surface area contributed by atoms with Crippen molar-refractivity contribution in [2.75, 3.05) is 0 Å². The molecule has 1 heterocycles. The van der Waals surface area contributed by atoms with Gasteiger partial charge in [-0.05, 0) is 58.1 Å². The predicted molar refractivity (Wildman–Crippen MR) is 96.9 cm³/mol. The first-order chi connectivity index (χ1) is 12.2. The van der Waals surface area contributed by atoms with E-state index in [1.165, 1.54) is 4.90 Å². The van der Waals surface area contributed by atoms with E-state index >= 15 is 0 Å². The molecule has 1 N–H and O–H groups in total. The lowest BCUT2D eigenvalue weighted by atomic mass is 9.99. The zero-order chi connectivity index (χ0) is 19.1. The maximum absolute atomic E-state index is 12.9. The number of hydrogen-bond acceptors (Lipinski definition) is 4. The lowest BCUT2D eigenvalue weighted by Gasteiger charge is -2.34. The average molecular weight is 358 g/mol. The first-order valence-corrected chi connectivity index (χ1v) is 9.19. The number of carbonyl (C=O) groups is 3. The molecule has 0 radical (unpaired) electrons. The number of imide groups is 1. The van der Waals surface area contributed by atoms with Gasteiger partial charge in [-0.3, -0.25) is 14.5 Å². The number of hydrogen-bond donors (Lipinski definition) is 1. The molecule has 0 spiro atoms. The largest absolute Gasteiger partial charge is 0.444 e. The summed E-state index contributed by atoms with van der Waals surface area (Å²) in [6, 6.07) is 6.20. The minimum absolute atomic E-state index is 0.220. The standard InChI is InChI=1S/C20H26N2O4/c1-5-15(21-19(25)26-20(2,3)4)16(12-10-11-12)22-17(23)13-8-6-7-9-14(13)18(22)24/h6-9,12,15-16H,5,10-11H2,1-4H3,(H,21,25)/t15-,16+/m0/s1. The Morgan fingerprint density at radius 2 is 1.73 bits per heavy atom. The van der Waals surface area contributed by atoms with E-state index in [-0.39, 0.29) is 29.8 Å². The zero-order valence-corrected chi connectivity index (χ0v) is 15.7. The van der Waals surface area contributed by atoms with Gasteiger partial charge in [-0.15, -0.1) is 0 Å². The highest BCUT2D eigenvalue weighted by molar-refractivity contribution is 6.21. The van der Waals surface area contributed by atoms with Gasteiger partial charge in [0, 0.05) is 0 Å². The molecular formula is C20H26N2O4. The summed E-state index contributed by atoms with van der Waals surface area (Å²) < 4.78 is 5.36. The second kappa shape index (κ2) is 6.74. The summed E-state index contributed by atoms with van der Waals surface area (Å²) in [6.45, 7) is 7.35. The molecule has 26 heavy (non-hydrogen) atoms. The van der Waals surface area contributed by atoms with E-state index < -0.39 is 11.7 Å². The molecule has 6 nitrogen and oxygen atoms in total. The van der Waals surface area contributed by atoms with E-state index in [4.69, 9.17) is 4.74 Å². The molecule has 3 amide bonds. The maximum atomic E-state index is 12.9. The fraction of sp³-hybridized carbons (Fsp3) is 0.550. The van der Waals surface area contributed by atoms with Crippen molar-refractivity contribution in [2.24, 2.45) is 5.92 Å². The van der Waals surface area contributed by atoms with Crippen LogP contribution >= 0.6 is 0 Å². The monoisotopic (exact) mass is 358 g/mol. The Kier molecular flexibility index (Phi) is 4.78. The second-order valence-electron chi connectivity index (χ2n) is 8.01. The quantitative estimate of drug-likeness (QED) is 0.819. The van der Waals surface area contributed by atoms with E-state index in [2.05, 4.69) is 5.32 Å². The van der Waals surface area contributed by atoms with E-state index in [0.717, 1.165) is 12.8 Å². The molecule has 2 aliphatic rings. The Morgan fingerprint density at radius 3 is 2.15 bits per heavy atom. The Morgan fingerprint density at radius 1 is 1.19 bits per heavy atom. The van der Waals surface area contributed by atoms with Crippen molar-refractivity contribution in [3.63, 3.8) is 0 Å². The number of alkyl carbamates (subject to hydrolysis) is 1. The van der Waals surface area contributed by atoms with Crippen LogP contribution in [0.25, 0.3) is 0 Å². The Balaban J connectivity index is 1.84. The lowest BCUT2D eigenvalue weighted by Crippen LogP contribution is -2.55. The van der Waals surface area contributed by atoms with Gasteiger partial charge >= 0.3 is 6.09 Å². The molecule has 1 aliphatic carbocycles. The molecule has 1 aromatic rings. The van der Waals surface area contributed by atoms with Gasteiger partial charge in [0.2, 0.25) is 0 Å². The second-order valence-corrected chi connectivity index (χ2v) is 8.01. The van der Waals surface area contributed by atoms with Crippen molar-refractivity contribution in [3.05, 3.63) is 35.4 Å². The summed E-state index contributed by atoms with van der Waals surface area (Å²) in [5, 5.41) is 2.88. The van der Waals surface area contributed by atoms with Crippen LogP contribution in [-0.2, 0) is 4.74 Å². The number of amides is 3. The summed E-state index contributed by atoms with van der Waals surface area (Å²) in [6.07, 6.45) is 1.98. The molecular weight excluding hydrogens is 332 g/mol. The molecule has 6 heteroatoms. The molecule has 140 valence electrons. The van der Waals surface area contributed by atoms with E-state index in [9.17, 15) is 14.4 Å². The molecule has 1 aromatic carbocycles. The van der Waals surface area contributed by atoms with Crippen LogP contribution in [0.5, 0.6) is 0 Å². The first-order valence-electron chi connectivity index (χ1n) is 9.19. The highest BCUT2D eigenvalue weighted by Gasteiger charge is 2.48. The smallest absolute Gasteiger partial charge is 0.407 e. The third kappa shape index (κ3) is 3.59. The minimum Gasteiger partial charge on any atom is -0.444 e. The first kappa shape index (κ1) is 18.4. The van der Waals surface area contributed by atoms with Crippen molar-refractivity contribution in [1.82, 2.24) is 10.2 Å². The van der Waals surface area contributed by atoms with Gasteiger partial charge in [-0.1, -0.05) is 19.1 Å². The summed E-state index contributed by atoms with van der Waals surface area (Å²) in [5.74, 6) is -0.323. The molecule has 0 bridgehead atoms. The minimum atomic E-state index is -0.604. The van der Waals surface area contributed by atoms with Crippen molar-refractivity contribution < 1.29 is 19.1 Å². The zero-order valence-electron chi connectivity index (χ0n) is 15.7. The average Bonchev–Trinajstić information content (AvgIpc) is 3.36. The Labute approximate surface area is 153 Å². The van der Waals surface area contributed by atoms with Gasteiger partial charge < -0.3 is 10.1 Å². The number of nitrogens with one attached hydrogen (secondary N) is 1. The fourth-order valence-corrected chi connectivity index (χ4v) is 3.52. The van der Waals surface area contributed by atoms with Gasteiger partial charge in [-0.2, -0.15) is 0 Å². The number of benzene rings is 1. The van der Waals surface area contributed by atoms with Gasteiger partial charge in [0.05, 0.1) is 23.2 Å². The highest BCUT2D eigenvalue weighted by Crippen LogP contribution is 2.40. The molecule has 2 atom stereocenters. The van der Waals surface area contributed by atoms with Crippen LogP contribution < -0.4 is 5.32 Å². The summed E-state index contributed by atoms with van der Waals surface area (Å²) in [7, 11) is 0. The molecule has 0 saturated heterocycles. The van der Waals surface area contributed by atoms with Crippen molar-refractivity contribution in [3.8, 4) is 0 Å². The topological polar surface area (TPSA) is 75.7 Å². The van der Waals surface area contributed by atoms with Crippen LogP contribution in [0.2, 0.25) is 0 Å². The fourth-order valence-electron chi connectivity index (χ4n) is 3.52. The Bertz CT molecular complexity index is 699. The van der Waals surface area contributed by atoms with Gasteiger partial charge in [-0.25, -0.2) is 4.79 Å². The molecule has 1 fully saturated rings. The number of ether oxygens (including phenoxy) is 1.